The molecule has 2 aliphatic rings. The second kappa shape index (κ2) is 7.21. The summed E-state index contributed by atoms with van der Waals surface area (Å²) < 4.78 is 27.2. The van der Waals surface area contributed by atoms with E-state index in [-0.39, 0.29) is 10.6 Å². The van der Waals surface area contributed by atoms with Crippen LogP contribution in [0.3, 0.4) is 0 Å². The van der Waals surface area contributed by atoms with Crippen LogP contribution in [-0.4, -0.2) is 37.3 Å². The van der Waals surface area contributed by atoms with Crippen LogP contribution in [0.15, 0.2) is 34.5 Å². The van der Waals surface area contributed by atoms with Crippen molar-refractivity contribution in [2.45, 2.75) is 37.1 Å². The maximum absolute atomic E-state index is 12.9. The van der Waals surface area contributed by atoms with Crippen molar-refractivity contribution in [1.29, 1.82) is 0 Å². The molecule has 144 valence electrons. The Kier molecular flexibility index (Phi) is 4.92. The van der Waals surface area contributed by atoms with Crippen LogP contribution in [0.2, 0.25) is 0 Å². The summed E-state index contributed by atoms with van der Waals surface area (Å²) in [4.78, 5) is 14.5. The summed E-state index contributed by atoms with van der Waals surface area (Å²) in [5.41, 5.74) is 1.52. The van der Waals surface area contributed by atoms with E-state index in [1.807, 2.05) is 16.3 Å². The van der Waals surface area contributed by atoms with E-state index in [1.54, 1.807) is 17.4 Å². The zero-order chi connectivity index (χ0) is 19.0. The first-order valence-electron chi connectivity index (χ1n) is 9.05. The Morgan fingerprint density at radius 2 is 1.85 bits per heavy atom. The third-order valence-electron chi connectivity index (χ3n) is 5.24. The summed E-state index contributed by atoms with van der Waals surface area (Å²) in [5, 5.41) is 13.7. The molecular formula is C18H21N3O4S2. The van der Waals surface area contributed by atoms with Gasteiger partial charge in [-0.1, -0.05) is 6.42 Å². The predicted octanol–water partition coefficient (Wildman–Crippen LogP) is 3.39. The van der Waals surface area contributed by atoms with Crippen molar-refractivity contribution in [3.63, 3.8) is 0 Å². The fraction of sp³-hybridized carbons (Fsp3) is 0.444. The number of benzene rings is 1. The average molecular weight is 408 g/mol. The van der Waals surface area contributed by atoms with Crippen molar-refractivity contribution in [1.82, 2.24) is 4.31 Å². The van der Waals surface area contributed by atoms with Gasteiger partial charge in [0.1, 0.15) is 5.69 Å². The number of hydrogen-bond donors (Lipinski definition) is 0. The largest absolute Gasteiger partial charge is 0.361 e. The standard InChI is InChI=1S/C18H21N3O4S2/c22-21(23)17-12-15(27(24,25)20-8-2-1-3-9-20)4-5-16(17)19-10-6-18-14(13-19)7-11-26-18/h4-5,7,11-12H,1-3,6,8-10,13H2. The van der Waals surface area contributed by atoms with Gasteiger partial charge in [0.05, 0.1) is 9.82 Å². The summed E-state index contributed by atoms with van der Waals surface area (Å²) in [6.07, 6.45) is 3.52. The number of hydrogen-bond acceptors (Lipinski definition) is 6. The number of fused-ring (bicyclic) bond motifs is 1. The van der Waals surface area contributed by atoms with Crippen LogP contribution in [0, 0.1) is 10.1 Å². The molecule has 1 aromatic carbocycles. The van der Waals surface area contributed by atoms with Crippen molar-refractivity contribution in [3.8, 4) is 0 Å². The second-order valence-electron chi connectivity index (χ2n) is 6.91. The van der Waals surface area contributed by atoms with Gasteiger partial charge in [-0.3, -0.25) is 10.1 Å². The van der Waals surface area contributed by atoms with E-state index in [9.17, 15) is 18.5 Å². The minimum Gasteiger partial charge on any atom is -0.361 e. The lowest BCUT2D eigenvalue weighted by atomic mass is 10.1. The molecule has 0 aliphatic carbocycles. The monoisotopic (exact) mass is 407 g/mol. The zero-order valence-electron chi connectivity index (χ0n) is 14.8. The van der Waals surface area contributed by atoms with Crippen molar-refractivity contribution in [2.24, 2.45) is 0 Å². The molecule has 27 heavy (non-hydrogen) atoms. The molecule has 0 unspecified atom stereocenters. The maximum atomic E-state index is 12.9. The lowest BCUT2D eigenvalue weighted by Crippen LogP contribution is -2.35. The van der Waals surface area contributed by atoms with Crippen LogP contribution in [0.4, 0.5) is 11.4 Å². The van der Waals surface area contributed by atoms with Gasteiger partial charge in [0.15, 0.2) is 0 Å². The molecular weight excluding hydrogens is 386 g/mol. The number of piperidine rings is 1. The molecule has 0 spiro atoms. The quantitative estimate of drug-likeness (QED) is 0.573. The predicted molar refractivity (Wildman–Crippen MR) is 105 cm³/mol. The third-order valence-corrected chi connectivity index (χ3v) is 8.16. The molecule has 0 bridgehead atoms. The van der Waals surface area contributed by atoms with E-state index in [2.05, 4.69) is 0 Å². The lowest BCUT2D eigenvalue weighted by molar-refractivity contribution is -0.384. The summed E-state index contributed by atoms with van der Waals surface area (Å²) in [6.45, 7) is 2.25. The highest BCUT2D eigenvalue weighted by Gasteiger charge is 2.30. The Morgan fingerprint density at radius 3 is 2.59 bits per heavy atom. The number of sulfonamides is 1. The molecule has 1 saturated heterocycles. The summed E-state index contributed by atoms with van der Waals surface area (Å²) in [5.74, 6) is 0. The maximum Gasteiger partial charge on any atom is 0.293 e. The Balaban J connectivity index is 1.68. The number of anilines is 1. The van der Waals surface area contributed by atoms with Gasteiger partial charge in [-0.2, -0.15) is 4.31 Å². The van der Waals surface area contributed by atoms with Gasteiger partial charge < -0.3 is 4.90 Å². The molecule has 1 fully saturated rings. The van der Waals surface area contributed by atoms with E-state index in [1.165, 1.54) is 26.9 Å². The van der Waals surface area contributed by atoms with Crippen molar-refractivity contribution in [2.75, 3.05) is 24.5 Å². The molecule has 0 radical (unpaired) electrons. The smallest absolute Gasteiger partial charge is 0.293 e. The Labute approximate surface area is 162 Å². The zero-order valence-corrected chi connectivity index (χ0v) is 16.5. The van der Waals surface area contributed by atoms with E-state index in [4.69, 9.17) is 0 Å². The van der Waals surface area contributed by atoms with Crippen LogP contribution in [0.25, 0.3) is 0 Å². The SMILES string of the molecule is O=[N+]([O-])c1cc(S(=O)(=O)N2CCCCC2)ccc1N1CCc2sccc2C1. The van der Waals surface area contributed by atoms with Crippen LogP contribution in [0.5, 0.6) is 0 Å². The highest BCUT2D eigenvalue weighted by Crippen LogP contribution is 2.36. The molecule has 0 atom stereocenters. The normalized spacial score (nSPS) is 18.3. The topological polar surface area (TPSA) is 83.8 Å². The number of nitrogens with zero attached hydrogens (tertiary/aromatic N) is 3. The van der Waals surface area contributed by atoms with Gasteiger partial charge in [0, 0.05) is 37.1 Å². The minimum atomic E-state index is -3.69. The molecule has 7 nitrogen and oxygen atoms in total. The first-order valence-corrected chi connectivity index (χ1v) is 11.4. The van der Waals surface area contributed by atoms with Gasteiger partial charge in [0.25, 0.3) is 5.69 Å². The molecule has 3 heterocycles. The third kappa shape index (κ3) is 3.46. The summed E-state index contributed by atoms with van der Waals surface area (Å²) in [7, 11) is -3.69. The second-order valence-corrected chi connectivity index (χ2v) is 9.85. The van der Waals surface area contributed by atoms with Crippen molar-refractivity contribution < 1.29 is 13.3 Å². The minimum absolute atomic E-state index is 0.00748. The molecule has 0 amide bonds. The molecule has 0 N–H and O–H groups in total. The van der Waals surface area contributed by atoms with Gasteiger partial charge in [-0.25, -0.2) is 8.42 Å². The van der Waals surface area contributed by atoms with E-state index in [0.717, 1.165) is 25.7 Å². The first kappa shape index (κ1) is 18.4. The Bertz CT molecular complexity index is 965. The molecule has 4 rings (SSSR count). The van der Waals surface area contributed by atoms with E-state index >= 15 is 0 Å². The van der Waals surface area contributed by atoms with Crippen LogP contribution in [0.1, 0.15) is 29.7 Å². The fourth-order valence-electron chi connectivity index (χ4n) is 3.79. The lowest BCUT2D eigenvalue weighted by Gasteiger charge is -2.29. The van der Waals surface area contributed by atoms with Crippen molar-refractivity contribution in [3.05, 3.63) is 50.2 Å². The van der Waals surface area contributed by atoms with Crippen LogP contribution < -0.4 is 4.90 Å². The van der Waals surface area contributed by atoms with E-state index in [0.29, 0.717) is 31.9 Å². The molecule has 2 aliphatic heterocycles. The molecule has 2 aromatic rings. The van der Waals surface area contributed by atoms with Crippen LogP contribution >= 0.6 is 11.3 Å². The first-order chi connectivity index (χ1) is 13.0. The number of nitro groups is 1. The van der Waals surface area contributed by atoms with Crippen molar-refractivity contribution >= 4 is 32.7 Å². The number of rotatable bonds is 4. The van der Waals surface area contributed by atoms with Gasteiger partial charge >= 0.3 is 0 Å². The number of thiophene rings is 1. The molecule has 0 saturated carbocycles. The average Bonchev–Trinajstić information content (AvgIpc) is 3.16. The van der Waals surface area contributed by atoms with Gasteiger partial charge in [-0.15, -0.1) is 11.3 Å². The number of nitro benzene ring substituents is 1. The van der Waals surface area contributed by atoms with Gasteiger partial charge in [-0.05, 0) is 48.4 Å². The van der Waals surface area contributed by atoms with E-state index < -0.39 is 14.9 Å². The highest BCUT2D eigenvalue weighted by molar-refractivity contribution is 7.89. The van der Waals surface area contributed by atoms with Crippen LogP contribution in [-0.2, 0) is 23.0 Å². The summed E-state index contributed by atoms with van der Waals surface area (Å²) >= 11 is 1.71. The Morgan fingerprint density at radius 1 is 1.07 bits per heavy atom. The Hall–Kier alpha value is -1.97. The summed E-state index contributed by atoms with van der Waals surface area (Å²) in [6, 6.07) is 6.37. The molecule has 9 heteroatoms. The van der Waals surface area contributed by atoms with Gasteiger partial charge in [0.2, 0.25) is 10.0 Å². The fourth-order valence-corrected chi connectivity index (χ4v) is 6.21. The highest BCUT2D eigenvalue weighted by atomic mass is 32.2. The molecule has 1 aromatic heterocycles.